The summed E-state index contributed by atoms with van der Waals surface area (Å²) in [5.41, 5.74) is 0. The molecule has 0 aromatic heterocycles. The first-order chi connectivity index (χ1) is 11.7. The highest BCUT2D eigenvalue weighted by molar-refractivity contribution is 7.78. The molecule has 24 heavy (non-hydrogen) atoms. The molecule has 0 spiro atoms. The number of isothiocyanates is 2. The van der Waals surface area contributed by atoms with Gasteiger partial charge in [-0.15, -0.1) is 0 Å². The van der Waals surface area contributed by atoms with Gasteiger partial charge in [0.15, 0.2) is 12.6 Å². The molecule has 1 aromatic rings. The zero-order chi connectivity index (χ0) is 17.6. The molecule has 0 saturated heterocycles. The van der Waals surface area contributed by atoms with Crippen LogP contribution in [0.5, 0.6) is 11.5 Å². The van der Waals surface area contributed by atoms with E-state index < -0.39 is 0 Å². The Morgan fingerprint density at radius 3 is 1.54 bits per heavy atom. The van der Waals surface area contributed by atoms with E-state index in [9.17, 15) is 0 Å². The molecule has 0 N–H and O–H groups in total. The number of thiocarbonyl (C=S) groups is 2. The van der Waals surface area contributed by atoms with Crippen LogP contribution in [0.4, 0.5) is 0 Å². The van der Waals surface area contributed by atoms with Crippen LogP contribution in [0.25, 0.3) is 0 Å². The summed E-state index contributed by atoms with van der Waals surface area (Å²) in [4.78, 5) is 7.53. The fourth-order valence-electron chi connectivity index (χ4n) is 1.67. The average Bonchev–Trinajstić information content (AvgIpc) is 2.57. The smallest absolute Gasteiger partial charge is 0.197 e. The molecular weight excluding hydrogens is 348 g/mol. The minimum atomic E-state index is -0.388. The van der Waals surface area contributed by atoms with Crippen LogP contribution in [-0.2, 0) is 9.47 Å². The van der Waals surface area contributed by atoms with E-state index in [4.69, 9.17) is 18.9 Å². The quantitative estimate of drug-likeness (QED) is 0.244. The maximum Gasteiger partial charge on any atom is 0.197 e. The fourth-order valence-corrected chi connectivity index (χ4v) is 1.85. The summed E-state index contributed by atoms with van der Waals surface area (Å²) in [5, 5.41) is 4.56. The number of ether oxygens (including phenoxy) is 4. The van der Waals surface area contributed by atoms with Crippen LogP contribution < -0.4 is 9.47 Å². The summed E-state index contributed by atoms with van der Waals surface area (Å²) in [7, 11) is 0. The van der Waals surface area contributed by atoms with Gasteiger partial charge in [-0.2, -0.15) is 0 Å². The predicted octanol–water partition coefficient (Wildman–Crippen LogP) is 3.38. The number of benzene rings is 1. The Balaban J connectivity index is 2.33. The van der Waals surface area contributed by atoms with Gasteiger partial charge in [0.2, 0.25) is 0 Å². The molecule has 0 saturated carbocycles. The van der Waals surface area contributed by atoms with Gasteiger partial charge >= 0.3 is 0 Å². The number of hydrogen-bond donors (Lipinski definition) is 0. The molecule has 0 aliphatic rings. The van der Waals surface area contributed by atoms with E-state index in [1.54, 1.807) is 24.3 Å². The monoisotopic (exact) mass is 368 g/mol. The molecule has 0 fully saturated rings. The molecule has 1 aromatic carbocycles. The maximum atomic E-state index is 5.62. The van der Waals surface area contributed by atoms with Gasteiger partial charge in [-0.1, -0.05) is 0 Å². The number of nitrogens with zero attached hydrogens (tertiary/aromatic N) is 2. The van der Waals surface area contributed by atoms with Gasteiger partial charge in [-0.05, 0) is 62.5 Å². The molecule has 0 radical (unpaired) electrons. The minimum absolute atomic E-state index is 0.388. The highest BCUT2D eigenvalue weighted by Crippen LogP contribution is 2.20. The Bertz CT molecular complexity index is 519. The van der Waals surface area contributed by atoms with Crippen LogP contribution >= 0.6 is 24.4 Å². The number of aliphatic imine (C=N–C) groups is 2. The van der Waals surface area contributed by atoms with E-state index in [1.807, 2.05) is 13.8 Å². The van der Waals surface area contributed by atoms with E-state index in [-0.39, 0.29) is 12.6 Å². The van der Waals surface area contributed by atoms with Crippen LogP contribution in [0.15, 0.2) is 34.3 Å². The van der Waals surface area contributed by atoms with Gasteiger partial charge in [0.1, 0.15) is 11.5 Å². The summed E-state index contributed by atoms with van der Waals surface area (Å²) in [6, 6.07) is 7.20. The second kappa shape index (κ2) is 12.7. The lowest BCUT2D eigenvalue weighted by Crippen LogP contribution is -2.18. The van der Waals surface area contributed by atoms with E-state index in [2.05, 4.69) is 44.7 Å². The van der Waals surface area contributed by atoms with Crippen molar-refractivity contribution in [2.24, 2.45) is 9.98 Å². The van der Waals surface area contributed by atoms with Crippen molar-refractivity contribution < 1.29 is 18.9 Å². The topological polar surface area (TPSA) is 61.6 Å². The van der Waals surface area contributed by atoms with Gasteiger partial charge < -0.3 is 18.9 Å². The van der Waals surface area contributed by atoms with Crippen LogP contribution in [0.1, 0.15) is 13.8 Å². The summed E-state index contributed by atoms with van der Waals surface area (Å²) in [6.07, 6.45) is -0.776. The lowest BCUT2D eigenvalue weighted by atomic mass is 10.3. The highest BCUT2D eigenvalue weighted by Gasteiger charge is 2.06. The van der Waals surface area contributed by atoms with Gasteiger partial charge in [-0.3, -0.25) is 0 Å². The highest BCUT2D eigenvalue weighted by atomic mass is 32.1. The Morgan fingerprint density at radius 1 is 0.833 bits per heavy atom. The van der Waals surface area contributed by atoms with E-state index in [0.29, 0.717) is 37.8 Å². The molecule has 0 heterocycles. The zero-order valence-electron chi connectivity index (χ0n) is 13.6. The fraction of sp³-hybridized carbons (Fsp3) is 0.500. The largest absolute Gasteiger partial charge is 0.465 e. The average molecular weight is 368 g/mol. The van der Waals surface area contributed by atoms with Crippen molar-refractivity contribution in [1.82, 2.24) is 0 Å². The lowest BCUT2D eigenvalue weighted by Gasteiger charge is -2.17. The van der Waals surface area contributed by atoms with Crippen molar-refractivity contribution in [3.8, 4) is 11.5 Å². The molecule has 1 rings (SSSR count). The summed E-state index contributed by atoms with van der Waals surface area (Å²) in [5.74, 6) is 1.36. The Morgan fingerprint density at radius 2 is 1.21 bits per heavy atom. The first-order valence-corrected chi connectivity index (χ1v) is 8.21. The summed E-state index contributed by atoms with van der Waals surface area (Å²) < 4.78 is 22.1. The third-order valence-corrected chi connectivity index (χ3v) is 2.93. The minimum Gasteiger partial charge on any atom is -0.465 e. The van der Waals surface area contributed by atoms with E-state index in [0.717, 1.165) is 0 Å². The first kappa shape index (κ1) is 20.4. The van der Waals surface area contributed by atoms with E-state index >= 15 is 0 Å². The molecule has 0 aliphatic carbocycles. The second-order valence-corrected chi connectivity index (χ2v) is 4.90. The Kier molecular flexibility index (Phi) is 10.8. The van der Waals surface area contributed by atoms with Crippen molar-refractivity contribution in [3.63, 3.8) is 0 Å². The molecule has 130 valence electrons. The molecule has 0 bridgehead atoms. The number of rotatable bonds is 12. The van der Waals surface area contributed by atoms with Crippen molar-refractivity contribution in [3.05, 3.63) is 24.3 Å². The Labute approximate surface area is 152 Å². The molecule has 0 amide bonds. The molecule has 2 unspecified atom stereocenters. The van der Waals surface area contributed by atoms with E-state index in [1.165, 1.54) is 0 Å². The van der Waals surface area contributed by atoms with Crippen LogP contribution in [0, 0.1) is 0 Å². The third kappa shape index (κ3) is 9.47. The third-order valence-electron chi connectivity index (χ3n) is 2.67. The molecule has 2 atom stereocenters. The van der Waals surface area contributed by atoms with Crippen LogP contribution in [0.3, 0.4) is 0 Å². The molecule has 8 heteroatoms. The van der Waals surface area contributed by atoms with Crippen molar-refractivity contribution in [1.29, 1.82) is 0 Å². The van der Waals surface area contributed by atoms with Gasteiger partial charge in [0.05, 0.1) is 36.6 Å². The van der Waals surface area contributed by atoms with Crippen molar-refractivity contribution >= 4 is 34.8 Å². The first-order valence-electron chi connectivity index (χ1n) is 7.39. The molecule has 6 nitrogen and oxygen atoms in total. The van der Waals surface area contributed by atoms with Crippen molar-refractivity contribution in [2.75, 3.05) is 26.3 Å². The second-order valence-electron chi connectivity index (χ2n) is 4.53. The normalized spacial score (nSPS) is 12.4. The van der Waals surface area contributed by atoms with Gasteiger partial charge in [0, 0.05) is 0 Å². The maximum absolute atomic E-state index is 5.62. The van der Waals surface area contributed by atoms with Crippen LogP contribution in [0.2, 0.25) is 0 Å². The van der Waals surface area contributed by atoms with Crippen LogP contribution in [-0.4, -0.2) is 49.2 Å². The zero-order valence-corrected chi connectivity index (χ0v) is 15.3. The number of hydrogen-bond acceptors (Lipinski definition) is 8. The summed E-state index contributed by atoms with van der Waals surface area (Å²) >= 11 is 8.95. The summed E-state index contributed by atoms with van der Waals surface area (Å²) in [6.45, 7) is 5.41. The van der Waals surface area contributed by atoms with Crippen molar-refractivity contribution in [2.45, 2.75) is 26.4 Å². The van der Waals surface area contributed by atoms with Gasteiger partial charge in [0.25, 0.3) is 0 Å². The molecule has 0 aliphatic heterocycles. The lowest BCUT2D eigenvalue weighted by molar-refractivity contribution is -0.0654. The molecular formula is C16H20N2O4S2. The SMILES string of the molecule is CC(OCCN=C=S)Oc1ccc(OC(C)OCCN=C=S)cc1. The van der Waals surface area contributed by atoms with Gasteiger partial charge in [-0.25, -0.2) is 9.98 Å². The Hall–Kier alpha value is -1.66. The standard InChI is InChI=1S/C16H20N2O4S2/c1-13(19-9-7-17-11-23)21-15-3-5-16(6-4-15)22-14(2)20-10-8-18-12-24/h3-6,13-14H,7-10H2,1-2H3. The predicted molar refractivity (Wildman–Crippen MR) is 98.3 cm³/mol.